The maximum atomic E-state index is 12.9. The Balaban J connectivity index is 2.36. The van der Waals surface area contributed by atoms with Gasteiger partial charge in [0, 0.05) is 18.2 Å². The zero-order valence-electron chi connectivity index (χ0n) is 12.9. The number of hydrogen-bond donors (Lipinski definition) is 2. The van der Waals surface area contributed by atoms with Crippen LogP contribution < -0.4 is 10.6 Å². The van der Waals surface area contributed by atoms with Crippen LogP contribution in [0.3, 0.4) is 0 Å². The number of aryl methyl sites for hydroxylation is 1. The average Bonchev–Trinajstić information content (AvgIpc) is 2.93. The van der Waals surface area contributed by atoms with Crippen molar-refractivity contribution in [3.63, 3.8) is 0 Å². The van der Waals surface area contributed by atoms with Crippen LogP contribution in [0.25, 0.3) is 22.5 Å². The molecule has 0 saturated carbocycles. The monoisotopic (exact) mass is 325 g/mol. The molecule has 0 amide bonds. The molecule has 2 heterocycles. The number of fused-ring (bicyclic) bond motifs is 1. The zero-order valence-corrected chi connectivity index (χ0v) is 12.9. The fourth-order valence-electron chi connectivity index (χ4n) is 2.55. The van der Waals surface area contributed by atoms with Gasteiger partial charge in [0.15, 0.2) is 5.65 Å². The van der Waals surface area contributed by atoms with Crippen molar-refractivity contribution in [2.75, 3.05) is 0 Å². The van der Waals surface area contributed by atoms with E-state index in [2.05, 4.69) is 10.2 Å². The Bertz CT molecular complexity index is 1030. The predicted molar refractivity (Wildman–Crippen MR) is 87.6 cm³/mol. The molecule has 7 nitrogen and oxygen atoms in total. The molecule has 0 fully saturated rings. The second-order valence-electron chi connectivity index (χ2n) is 5.39. The third-order valence-corrected chi connectivity index (χ3v) is 3.77. The summed E-state index contributed by atoms with van der Waals surface area (Å²) in [6, 6.07) is 9.05. The molecule has 0 spiro atoms. The number of pyridine rings is 1. The van der Waals surface area contributed by atoms with Crippen molar-refractivity contribution in [2.45, 2.75) is 19.8 Å². The number of carbonyl (C=O) groups is 1. The molecule has 0 aliphatic rings. The van der Waals surface area contributed by atoms with Gasteiger partial charge in [-0.3, -0.25) is 14.0 Å². The molecule has 0 bridgehead atoms. The molecule has 0 aliphatic heterocycles. The van der Waals surface area contributed by atoms with E-state index >= 15 is 0 Å². The van der Waals surface area contributed by atoms with Gasteiger partial charge in [0.2, 0.25) is 5.43 Å². The van der Waals surface area contributed by atoms with Crippen LogP contribution >= 0.6 is 0 Å². The van der Waals surface area contributed by atoms with Gasteiger partial charge in [-0.25, -0.2) is 0 Å². The number of nitrogens with zero attached hydrogens (tertiary/aromatic N) is 3. The third-order valence-electron chi connectivity index (χ3n) is 3.77. The van der Waals surface area contributed by atoms with E-state index in [1.807, 2.05) is 18.2 Å². The lowest BCUT2D eigenvalue weighted by atomic mass is 10.1. The van der Waals surface area contributed by atoms with Crippen molar-refractivity contribution in [1.29, 1.82) is 0 Å². The van der Waals surface area contributed by atoms with Gasteiger partial charge < -0.3 is 10.2 Å². The van der Waals surface area contributed by atoms with Crippen molar-refractivity contribution in [3.05, 3.63) is 57.8 Å². The lowest BCUT2D eigenvalue weighted by molar-refractivity contribution is -0.136. The predicted octanol–water partition coefficient (Wildman–Crippen LogP) is 1.31. The molecule has 24 heavy (non-hydrogen) atoms. The first-order chi connectivity index (χ1) is 11.5. The summed E-state index contributed by atoms with van der Waals surface area (Å²) in [5.74, 6) is -0.783. The Kier molecular flexibility index (Phi) is 3.99. The molecule has 0 radical (unpaired) electrons. The van der Waals surface area contributed by atoms with Gasteiger partial charge in [-0.2, -0.15) is 0 Å². The van der Waals surface area contributed by atoms with Gasteiger partial charge in [-0.15, -0.1) is 10.2 Å². The lowest BCUT2D eigenvalue weighted by Crippen LogP contribution is -2.31. The van der Waals surface area contributed by atoms with Gasteiger partial charge in [0.25, 0.3) is 0 Å². The van der Waals surface area contributed by atoms with Crippen molar-refractivity contribution in [2.24, 2.45) is 0 Å². The van der Waals surface area contributed by atoms with Crippen LogP contribution in [-0.4, -0.2) is 30.8 Å². The van der Waals surface area contributed by atoms with E-state index in [-0.39, 0.29) is 29.5 Å². The molecular formula is C17H15N3O4. The van der Waals surface area contributed by atoms with E-state index in [9.17, 15) is 14.7 Å². The average molecular weight is 325 g/mol. The maximum Gasteiger partial charge on any atom is 0.303 e. The number of carboxylic acid groups (broad SMARTS) is 1. The van der Waals surface area contributed by atoms with E-state index in [0.717, 1.165) is 0 Å². The molecule has 7 heteroatoms. The van der Waals surface area contributed by atoms with Crippen LogP contribution in [0, 0.1) is 6.92 Å². The summed E-state index contributed by atoms with van der Waals surface area (Å²) in [5.41, 5.74) is 0.914. The fraction of sp³-hybridized carbons (Fsp3) is 0.176. The van der Waals surface area contributed by atoms with Gasteiger partial charge >= 0.3 is 5.97 Å². The third kappa shape index (κ3) is 2.71. The van der Waals surface area contributed by atoms with Gasteiger partial charge in [0.1, 0.15) is 16.8 Å². The standard InChI is InChI=1S/C17H15N3O4/c1-10-18-19-17-15(13(21)7-8-14(22)23)16(24)12(9-20(10)17)11-5-3-2-4-6-11/h2-6,9,21H,7-8H2,1H3,(H,22,23). The van der Waals surface area contributed by atoms with Gasteiger partial charge in [-0.1, -0.05) is 30.3 Å². The van der Waals surface area contributed by atoms with Crippen LogP contribution in [0.5, 0.6) is 0 Å². The maximum absolute atomic E-state index is 12.9. The van der Waals surface area contributed by atoms with E-state index in [0.29, 0.717) is 17.0 Å². The van der Waals surface area contributed by atoms with Crippen LogP contribution in [-0.2, 0) is 4.79 Å². The van der Waals surface area contributed by atoms with Crippen LogP contribution in [0.15, 0.2) is 41.3 Å². The first-order valence-corrected chi connectivity index (χ1v) is 7.36. The SMILES string of the molecule is Cc1nnc2c(=C(O)CCC(=O)O)c(=O)c(-c3ccccc3)cn12. The minimum Gasteiger partial charge on any atom is -0.511 e. The molecule has 3 aromatic rings. The number of aliphatic carboxylic acids is 1. The smallest absolute Gasteiger partial charge is 0.303 e. The van der Waals surface area contributed by atoms with Crippen LogP contribution in [0.2, 0.25) is 0 Å². The number of rotatable bonds is 4. The second kappa shape index (κ2) is 6.11. The van der Waals surface area contributed by atoms with Crippen molar-refractivity contribution < 1.29 is 15.0 Å². The Labute approximate surface area is 136 Å². The summed E-state index contributed by atoms with van der Waals surface area (Å²) in [6.07, 6.45) is 1.21. The molecule has 2 N–H and O–H groups in total. The fourth-order valence-corrected chi connectivity index (χ4v) is 2.55. The Morgan fingerprint density at radius 1 is 1.12 bits per heavy atom. The first kappa shape index (κ1) is 15.7. The highest BCUT2D eigenvalue weighted by Crippen LogP contribution is 2.15. The Hall–Kier alpha value is -3.22. The number of aliphatic hydroxyl groups is 1. The largest absolute Gasteiger partial charge is 0.511 e. The summed E-state index contributed by atoms with van der Waals surface area (Å²) >= 11 is 0. The number of aromatic nitrogens is 3. The zero-order chi connectivity index (χ0) is 17.3. The number of aliphatic hydroxyl groups excluding tert-OH is 1. The Morgan fingerprint density at radius 2 is 1.83 bits per heavy atom. The molecule has 0 atom stereocenters. The Morgan fingerprint density at radius 3 is 2.50 bits per heavy atom. The summed E-state index contributed by atoms with van der Waals surface area (Å²) < 4.78 is 1.62. The topological polar surface area (TPSA) is 105 Å². The normalized spacial score (nSPS) is 12.4. The van der Waals surface area contributed by atoms with Crippen LogP contribution in [0.4, 0.5) is 0 Å². The molecule has 0 saturated heterocycles. The van der Waals surface area contributed by atoms with E-state index in [1.165, 1.54) is 0 Å². The van der Waals surface area contributed by atoms with E-state index in [4.69, 9.17) is 5.11 Å². The molecule has 1 aromatic carbocycles. The number of carboxylic acids is 1. The summed E-state index contributed by atoms with van der Waals surface area (Å²) in [6.45, 7) is 1.73. The summed E-state index contributed by atoms with van der Waals surface area (Å²) in [4.78, 5) is 23.6. The lowest BCUT2D eigenvalue weighted by Gasteiger charge is -2.05. The molecular weight excluding hydrogens is 310 g/mol. The van der Waals surface area contributed by atoms with Crippen molar-refractivity contribution in [3.8, 4) is 11.1 Å². The van der Waals surface area contributed by atoms with Gasteiger partial charge in [-0.05, 0) is 12.5 Å². The van der Waals surface area contributed by atoms with Crippen LogP contribution in [0.1, 0.15) is 18.7 Å². The minimum absolute atomic E-state index is 0.00166. The quantitative estimate of drug-likeness (QED) is 0.749. The number of benzene rings is 1. The molecule has 122 valence electrons. The van der Waals surface area contributed by atoms with E-state index in [1.54, 1.807) is 29.7 Å². The van der Waals surface area contributed by atoms with Crippen molar-refractivity contribution >= 4 is 17.4 Å². The molecule has 3 rings (SSSR count). The van der Waals surface area contributed by atoms with E-state index < -0.39 is 11.4 Å². The van der Waals surface area contributed by atoms with Crippen molar-refractivity contribution in [1.82, 2.24) is 14.6 Å². The van der Waals surface area contributed by atoms with Gasteiger partial charge in [0.05, 0.1) is 6.42 Å². The number of hydrogen-bond acceptors (Lipinski definition) is 5. The highest BCUT2D eigenvalue weighted by atomic mass is 16.4. The molecule has 0 aliphatic carbocycles. The first-order valence-electron chi connectivity index (χ1n) is 7.36. The highest BCUT2D eigenvalue weighted by molar-refractivity contribution is 5.69. The highest BCUT2D eigenvalue weighted by Gasteiger charge is 2.15. The minimum atomic E-state index is -1.05. The molecule has 2 aromatic heterocycles. The second-order valence-corrected chi connectivity index (χ2v) is 5.39. The summed E-state index contributed by atoms with van der Waals surface area (Å²) in [5, 5.41) is 27.0. The molecule has 0 unspecified atom stereocenters. The summed E-state index contributed by atoms with van der Waals surface area (Å²) in [7, 11) is 0.